The van der Waals surface area contributed by atoms with Crippen molar-refractivity contribution in [3.05, 3.63) is 51.7 Å². The van der Waals surface area contributed by atoms with Crippen molar-refractivity contribution in [3.63, 3.8) is 0 Å². The summed E-state index contributed by atoms with van der Waals surface area (Å²) in [4.78, 5) is 1.20. The molecule has 1 unspecified atom stereocenters. The van der Waals surface area contributed by atoms with E-state index in [4.69, 9.17) is 17.3 Å². The van der Waals surface area contributed by atoms with E-state index >= 15 is 0 Å². The Morgan fingerprint density at radius 3 is 2.62 bits per heavy atom. The fraction of sp³-hybridized carbons (Fsp3) is 0.167. The SMILES string of the molecule is NC(CSc1ccc(Cl)cc1)c1ccsc1. The highest BCUT2D eigenvalue weighted by Crippen LogP contribution is 2.25. The minimum Gasteiger partial charge on any atom is -0.323 e. The number of hydrogen-bond donors (Lipinski definition) is 1. The Morgan fingerprint density at radius 1 is 1.25 bits per heavy atom. The molecule has 0 radical (unpaired) electrons. The zero-order valence-electron chi connectivity index (χ0n) is 8.60. The van der Waals surface area contributed by atoms with Crippen LogP contribution in [-0.2, 0) is 0 Å². The van der Waals surface area contributed by atoms with Gasteiger partial charge < -0.3 is 5.73 Å². The first-order valence-corrected chi connectivity index (χ1v) is 7.22. The molecule has 16 heavy (non-hydrogen) atoms. The summed E-state index contributed by atoms with van der Waals surface area (Å²) >= 11 is 9.26. The molecule has 0 fully saturated rings. The van der Waals surface area contributed by atoms with E-state index in [2.05, 4.69) is 16.8 Å². The van der Waals surface area contributed by atoms with Crippen LogP contribution in [-0.4, -0.2) is 5.75 Å². The van der Waals surface area contributed by atoms with Gasteiger partial charge in [0.05, 0.1) is 0 Å². The quantitative estimate of drug-likeness (QED) is 0.842. The summed E-state index contributed by atoms with van der Waals surface area (Å²) < 4.78 is 0. The van der Waals surface area contributed by atoms with Gasteiger partial charge in [0.2, 0.25) is 0 Å². The van der Waals surface area contributed by atoms with E-state index in [0.29, 0.717) is 0 Å². The van der Waals surface area contributed by atoms with E-state index in [9.17, 15) is 0 Å². The fourth-order valence-corrected chi connectivity index (χ4v) is 3.04. The van der Waals surface area contributed by atoms with Crippen LogP contribution in [0, 0.1) is 0 Å². The van der Waals surface area contributed by atoms with Gasteiger partial charge in [-0.15, -0.1) is 11.8 Å². The molecule has 0 spiro atoms. The molecule has 0 amide bonds. The van der Waals surface area contributed by atoms with Crippen molar-refractivity contribution >= 4 is 34.7 Å². The molecular weight excluding hydrogens is 258 g/mol. The van der Waals surface area contributed by atoms with Gasteiger partial charge in [-0.05, 0) is 46.7 Å². The van der Waals surface area contributed by atoms with Crippen LogP contribution in [0.1, 0.15) is 11.6 Å². The van der Waals surface area contributed by atoms with Crippen LogP contribution in [0.25, 0.3) is 0 Å². The number of hydrogen-bond acceptors (Lipinski definition) is 3. The second kappa shape index (κ2) is 5.73. The van der Waals surface area contributed by atoms with Gasteiger partial charge in [-0.3, -0.25) is 0 Å². The van der Waals surface area contributed by atoms with Gasteiger partial charge in [-0.25, -0.2) is 0 Å². The van der Waals surface area contributed by atoms with Crippen LogP contribution < -0.4 is 5.73 Å². The Balaban J connectivity index is 1.90. The molecule has 0 aliphatic rings. The van der Waals surface area contributed by atoms with Crippen molar-refractivity contribution in [3.8, 4) is 0 Å². The Labute approximate surface area is 109 Å². The van der Waals surface area contributed by atoms with Gasteiger partial charge in [0, 0.05) is 21.7 Å². The summed E-state index contributed by atoms with van der Waals surface area (Å²) in [7, 11) is 0. The Hall–Kier alpha value is -0.480. The minimum atomic E-state index is 0.104. The highest BCUT2D eigenvalue weighted by Gasteiger charge is 2.06. The first-order valence-electron chi connectivity index (χ1n) is 4.92. The van der Waals surface area contributed by atoms with Gasteiger partial charge in [-0.1, -0.05) is 11.6 Å². The smallest absolute Gasteiger partial charge is 0.0406 e. The molecule has 1 heterocycles. The molecule has 4 heteroatoms. The summed E-state index contributed by atoms with van der Waals surface area (Å²) in [5.74, 6) is 0.887. The van der Waals surface area contributed by atoms with Crippen molar-refractivity contribution in [2.24, 2.45) is 5.73 Å². The van der Waals surface area contributed by atoms with E-state index in [0.717, 1.165) is 10.8 Å². The van der Waals surface area contributed by atoms with E-state index < -0.39 is 0 Å². The Kier molecular flexibility index (Phi) is 4.29. The number of nitrogens with two attached hydrogens (primary N) is 1. The fourth-order valence-electron chi connectivity index (χ4n) is 1.30. The summed E-state index contributed by atoms with van der Waals surface area (Å²) in [5, 5.41) is 4.93. The van der Waals surface area contributed by atoms with Gasteiger partial charge in [0.15, 0.2) is 0 Å². The third kappa shape index (κ3) is 3.25. The molecule has 0 saturated heterocycles. The average molecular weight is 270 g/mol. The van der Waals surface area contributed by atoms with Gasteiger partial charge in [-0.2, -0.15) is 11.3 Å². The van der Waals surface area contributed by atoms with Crippen LogP contribution >= 0.6 is 34.7 Å². The van der Waals surface area contributed by atoms with Crippen LogP contribution in [0.4, 0.5) is 0 Å². The van der Waals surface area contributed by atoms with Crippen molar-refractivity contribution in [2.75, 3.05) is 5.75 Å². The van der Waals surface area contributed by atoms with Gasteiger partial charge in [0.25, 0.3) is 0 Å². The largest absolute Gasteiger partial charge is 0.323 e. The number of thioether (sulfide) groups is 1. The predicted molar refractivity (Wildman–Crippen MR) is 73.4 cm³/mol. The second-order valence-corrected chi connectivity index (χ2v) is 5.74. The maximum Gasteiger partial charge on any atom is 0.0406 e. The van der Waals surface area contributed by atoms with Crippen LogP contribution in [0.3, 0.4) is 0 Å². The molecule has 0 bridgehead atoms. The first kappa shape index (κ1) is 12.0. The molecule has 0 saturated carbocycles. The maximum atomic E-state index is 6.08. The van der Waals surface area contributed by atoms with Crippen molar-refractivity contribution in [1.29, 1.82) is 0 Å². The van der Waals surface area contributed by atoms with E-state index in [-0.39, 0.29) is 6.04 Å². The van der Waals surface area contributed by atoms with Crippen molar-refractivity contribution in [2.45, 2.75) is 10.9 Å². The number of thiophene rings is 1. The molecule has 2 N–H and O–H groups in total. The van der Waals surface area contributed by atoms with E-state index in [1.807, 2.05) is 24.3 Å². The van der Waals surface area contributed by atoms with E-state index in [1.54, 1.807) is 23.1 Å². The highest BCUT2D eigenvalue weighted by atomic mass is 35.5. The van der Waals surface area contributed by atoms with E-state index in [1.165, 1.54) is 10.5 Å². The Morgan fingerprint density at radius 2 is 2.00 bits per heavy atom. The van der Waals surface area contributed by atoms with Gasteiger partial charge >= 0.3 is 0 Å². The maximum absolute atomic E-state index is 6.08. The number of rotatable bonds is 4. The molecule has 1 aromatic carbocycles. The van der Waals surface area contributed by atoms with Crippen molar-refractivity contribution in [1.82, 2.24) is 0 Å². The lowest BCUT2D eigenvalue weighted by molar-refractivity contribution is 0.836. The normalized spacial score (nSPS) is 12.6. The molecule has 0 aliphatic heterocycles. The van der Waals surface area contributed by atoms with Crippen LogP contribution in [0.15, 0.2) is 46.0 Å². The minimum absolute atomic E-state index is 0.104. The summed E-state index contributed by atoms with van der Waals surface area (Å²) in [5.41, 5.74) is 7.29. The highest BCUT2D eigenvalue weighted by molar-refractivity contribution is 7.99. The molecule has 1 nitrogen and oxygen atoms in total. The lowest BCUT2D eigenvalue weighted by Crippen LogP contribution is -2.11. The number of benzene rings is 1. The lowest BCUT2D eigenvalue weighted by Gasteiger charge is -2.09. The third-order valence-electron chi connectivity index (χ3n) is 2.21. The molecule has 84 valence electrons. The zero-order valence-corrected chi connectivity index (χ0v) is 11.0. The van der Waals surface area contributed by atoms with Crippen LogP contribution in [0.5, 0.6) is 0 Å². The summed E-state index contributed by atoms with van der Waals surface area (Å²) in [6.07, 6.45) is 0. The standard InChI is InChI=1S/C12H12ClNS2/c13-10-1-3-11(4-2-10)16-8-12(14)9-5-6-15-7-9/h1-7,12H,8,14H2. The molecule has 2 rings (SSSR count). The first-order chi connectivity index (χ1) is 7.75. The monoisotopic (exact) mass is 269 g/mol. The summed E-state index contributed by atoms with van der Waals surface area (Å²) in [6.45, 7) is 0. The predicted octanol–water partition coefficient (Wildman–Crippen LogP) is 4.19. The second-order valence-electron chi connectivity index (χ2n) is 3.43. The molecular formula is C12H12ClNS2. The Bertz CT molecular complexity index is 425. The lowest BCUT2D eigenvalue weighted by atomic mass is 10.2. The molecule has 1 atom stereocenters. The zero-order chi connectivity index (χ0) is 11.4. The molecule has 0 aliphatic carbocycles. The molecule has 1 aromatic heterocycles. The summed E-state index contributed by atoms with van der Waals surface area (Å²) in [6, 6.07) is 10.0. The average Bonchev–Trinajstić information content (AvgIpc) is 2.81. The molecule has 2 aromatic rings. The van der Waals surface area contributed by atoms with Gasteiger partial charge in [0.1, 0.15) is 0 Å². The van der Waals surface area contributed by atoms with Crippen molar-refractivity contribution < 1.29 is 0 Å². The van der Waals surface area contributed by atoms with Crippen LogP contribution in [0.2, 0.25) is 5.02 Å². The number of halogens is 1. The third-order valence-corrected chi connectivity index (χ3v) is 4.30. The topological polar surface area (TPSA) is 26.0 Å².